The van der Waals surface area contributed by atoms with Crippen LogP contribution in [0.15, 0.2) is 24.3 Å². The second kappa shape index (κ2) is 6.65. The maximum absolute atomic E-state index is 12.9. The summed E-state index contributed by atoms with van der Waals surface area (Å²) in [6, 6.07) is 8.49. The van der Waals surface area contributed by atoms with Gasteiger partial charge in [0.05, 0.1) is 6.04 Å². The largest absolute Gasteiger partial charge is 0.355 e. The topological polar surface area (TPSA) is 58.2 Å². The fourth-order valence-electron chi connectivity index (χ4n) is 6.84. The lowest BCUT2D eigenvalue weighted by atomic mass is 9.49. The van der Waals surface area contributed by atoms with Crippen LogP contribution >= 0.6 is 0 Å². The maximum atomic E-state index is 12.9. The molecule has 0 heterocycles. The first-order valence-corrected chi connectivity index (χ1v) is 10.8. The minimum Gasteiger partial charge on any atom is -0.355 e. The smallest absolute Gasteiger partial charge is 0.226 e. The number of hydrogen-bond acceptors (Lipinski definition) is 2. The Hall–Kier alpha value is -1.84. The summed E-state index contributed by atoms with van der Waals surface area (Å²) in [5.41, 5.74) is 2.48. The predicted octanol–water partition coefficient (Wildman–Crippen LogP) is 3.51. The van der Waals surface area contributed by atoms with Crippen LogP contribution in [-0.4, -0.2) is 18.4 Å². The van der Waals surface area contributed by atoms with Gasteiger partial charge in [-0.05, 0) is 80.2 Å². The van der Waals surface area contributed by atoms with Crippen molar-refractivity contribution in [1.29, 1.82) is 0 Å². The molecular weight excluding hydrogens is 336 g/mol. The van der Waals surface area contributed by atoms with Crippen molar-refractivity contribution < 1.29 is 9.59 Å². The van der Waals surface area contributed by atoms with Crippen LogP contribution in [0.5, 0.6) is 0 Å². The van der Waals surface area contributed by atoms with E-state index in [4.69, 9.17) is 0 Å². The molecule has 5 aliphatic rings. The number of nitrogens with one attached hydrogen (secondary N) is 2. The molecule has 5 aliphatic carbocycles. The Balaban J connectivity index is 1.12. The Morgan fingerprint density at radius 1 is 1.00 bits per heavy atom. The van der Waals surface area contributed by atoms with E-state index < -0.39 is 0 Å². The van der Waals surface area contributed by atoms with Gasteiger partial charge in [0.2, 0.25) is 11.8 Å². The van der Waals surface area contributed by atoms with Crippen molar-refractivity contribution >= 4 is 11.8 Å². The van der Waals surface area contributed by atoms with Crippen LogP contribution in [0.25, 0.3) is 0 Å². The van der Waals surface area contributed by atoms with Crippen LogP contribution < -0.4 is 10.6 Å². The van der Waals surface area contributed by atoms with Gasteiger partial charge in [0.15, 0.2) is 0 Å². The summed E-state index contributed by atoms with van der Waals surface area (Å²) in [5.74, 6) is 2.58. The third kappa shape index (κ3) is 3.17. The lowest BCUT2D eigenvalue weighted by Gasteiger charge is -2.55. The van der Waals surface area contributed by atoms with Gasteiger partial charge in [0.1, 0.15) is 0 Å². The van der Waals surface area contributed by atoms with E-state index in [2.05, 4.69) is 28.8 Å². The molecule has 1 aromatic carbocycles. The number of carbonyl (C=O) groups excluding carboxylic acids is 2. The molecule has 0 aromatic heterocycles. The Bertz CT molecular complexity index is 721. The highest BCUT2D eigenvalue weighted by atomic mass is 16.2. The third-order valence-electron chi connectivity index (χ3n) is 7.63. The number of rotatable bonds is 5. The molecule has 4 fully saturated rings. The van der Waals surface area contributed by atoms with Crippen molar-refractivity contribution in [3.05, 3.63) is 35.4 Å². The molecule has 4 nitrogen and oxygen atoms in total. The van der Waals surface area contributed by atoms with E-state index in [1.54, 1.807) is 0 Å². The molecule has 2 N–H and O–H groups in total. The molecule has 1 aromatic rings. The summed E-state index contributed by atoms with van der Waals surface area (Å²) in [4.78, 5) is 25.3. The Kier molecular flexibility index (Phi) is 4.25. The minimum absolute atomic E-state index is 0.0440. The fraction of sp³-hybridized carbons (Fsp3) is 0.652. The second-order valence-corrected chi connectivity index (χ2v) is 9.56. The molecule has 1 atom stereocenters. The van der Waals surface area contributed by atoms with E-state index >= 15 is 0 Å². The van der Waals surface area contributed by atoms with E-state index in [0.29, 0.717) is 13.0 Å². The number of aryl methyl sites for hydroxylation is 1. The molecule has 1 unspecified atom stereocenters. The van der Waals surface area contributed by atoms with Crippen molar-refractivity contribution in [1.82, 2.24) is 10.6 Å². The van der Waals surface area contributed by atoms with E-state index in [1.165, 1.54) is 30.4 Å². The first-order chi connectivity index (χ1) is 13.1. The molecule has 144 valence electrons. The Morgan fingerprint density at radius 2 is 1.67 bits per heavy atom. The summed E-state index contributed by atoms with van der Waals surface area (Å²) in [6.45, 7) is 0.459. The van der Waals surface area contributed by atoms with Gasteiger partial charge in [0, 0.05) is 18.4 Å². The average molecular weight is 367 g/mol. The fourth-order valence-corrected chi connectivity index (χ4v) is 6.84. The van der Waals surface area contributed by atoms with Crippen LogP contribution in [0, 0.1) is 23.2 Å². The molecule has 4 heteroatoms. The van der Waals surface area contributed by atoms with Crippen molar-refractivity contribution in [3.8, 4) is 0 Å². The summed E-state index contributed by atoms with van der Waals surface area (Å²) >= 11 is 0. The first-order valence-electron chi connectivity index (χ1n) is 10.8. The van der Waals surface area contributed by atoms with E-state index in [1.807, 2.05) is 6.07 Å². The summed E-state index contributed by atoms with van der Waals surface area (Å²) < 4.78 is 0. The van der Waals surface area contributed by atoms with Gasteiger partial charge in [-0.15, -0.1) is 0 Å². The van der Waals surface area contributed by atoms with E-state index in [0.717, 1.165) is 49.9 Å². The van der Waals surface area contributed by atoms with Crippen molar-refractivity contribution in [2.75, 3.05) is 6.54 Å². The Labute approximate surface area is 161 Å². The number of benzene rings is 1. The second-order valence-electron chi connectivity index (χ2n) is 9.56. The average Bonchev–Trinajstić information content (AvgIpc) is 3.03. The molecule has 27 heavy (non-hydrogen) atoms. The summed E-state index contributed by atoms with van der Waals surface area (Å²) in [7, 11) is 0. The minimum atomic E-state index is -0.115. The highest BCUT2D eigenvalue weighted by Crippen LogP contribution is 2.60. The normalized spacial score (nSPS) is 35.7. The molecule has 4 bridgehead atoms. The van der Waals surface area contributed by atoms with Gasteiger partial charge in [-0.25, -0.2) is 0 Å². The van der Waals surface area contributed by atoms with Crippen molar-refractivity contribution in [3.63, 3.8) is 0 Å². The lowest BCUT2D eigenvalue weighted by Crippen LogP contribution is -2.53. The number of carbonyl (C=O) groups is 2. The van der Waals surface area contributed by atoms with Crippen LogP contribution in [0.4, 0.5) is 0 Å². The van der Waals surface area contributed by atoms with Crippen LogP contribution in [0.3, 0.4) is 0 Å². The maximum Gasteiger partial charge on any atom is 0.226 e. The molecule has 0 radical (unpaired) electrons. The number of fused-ring (bicyclic) bond motifs is 1. The molecule has 0 aliphatic heterocycles. The van der Waals surface area contributed by atoms with Gasteiger partial charge < -0.3 is 10.6 Å². The van der Waals surface area contributed by atoms with E-state index in [-0.39, 0.29) is 23.3 Å². The Morgan fingerprint density at radius 3 is 2.37 bits per heavy atom. The highest BCUT2D eigenvalue weighted by Gasteiger charge is 2.54. The zero-order valence-electron chi connectivity index (χ0n) is 16.0. The van der Waals surface area contributed by atoms with Crippen LogP contribution in [0.2, 0.25) is 0 Å². The van der Waals surface area contributed by atoms with Crippen molar-refractivity contribution in [2.45, 2.75) is 63.8 Å². The van der Waals surface area contributed by atoms with Gasteiger partial charge in [0.25, 0.3) is 0 Å². The molecular formula is C23H30N2O2. The van der Waals surface area contributed by atoms with Crippen LogP contribution in [0.1, 0.15) is 68.5 Å². The van der Waals surface area contributed by atoms with Crippen molar-refractivity contribution in [2.24, 2.45) is 23.2 Å². The zero-order chi connectivity index (χ0) is 18.4. The molecule has 4 saturated carbocycles. The summed E-state index contributed by atoms with van der Waals surface area (Å²) in [6.07, 6.45) is 9.65. The first kappa shape index (κ1) is 17.3. The highest BCUT2D eigenvalue weighted by molar-refractivity contribution is 5.84. The SMILES string of the molecule is O=C(CCNC(=O)C12CC3CC(CC(C3)C1)C2)NC1CCc2ccccc21. The number of amides is 2. The van der Waals surface area contributed by atoms with Gasteiger partial charge in [-0.1, -0.05) is 24.3 Å². The van der Waals surface area contributed by atoms with Gasteiger partial charge in [-0.3, -0.25) is 9.59 Å². The lowest BCUT2D eigenvalue weighted by molar-refractivity contribution is -0.146. The molecule has 2 amide bonds. The predicted molar refractivity (Wildman–Crippen MR) is 104 cm³/mol. The molecule has 6 rings (SSSR count). The third-order valence-corrected chi connectivity index (χ3v) is 7.63. The quantitative estimate of drug-likeness (QED) is 0.838. The monoisotopic (exact) mass is 366 g/mol. The zero-order valence-corrected chi connectivity index (χ0v) is 16.0. The van der Waals surface area contributed by atoms with Gasteiger partial charge in [-0.2, -0.15) is 0 Å². The number of hydrogen-bond donors (Lipinski definition) is 2. The standard InChI is InChI=1S/C23H30N2O2/c26-21(25-20-6-5-18-3-1-2-4-19(18)20)7-8-24-22(27)23-12-15-9-16(13-23)11-17(10-15)14-23/h1-4,15-17,20H,5-14H2,(H,24,27)(H,25,26). The summed E-state index contributed by atoms with van der Waals surface area (Å²) in [5, 5.41) is 6.27. The van der Waals surface area contributed by atoms with Gasteiger partial charge >= 0.3 is 0 Å². The molecule has 0 spiro atoms. The van der Waals surface area contributed by atoms with Crippen LogP contribution in [-0.2, 0) is 16.0 Å². The van der Waals surface area contributed by atoms with E-state index in [9.17, 15) is 9.59 Å². The molecule has 0 saturated heterocycles.